The number of nitrogens with zero attached hydrogens (tertiary/aromatic N) is 3. The molecule has 1 aliphatic rings. The lowest BCUT2D eigenvalue weighted by Gasteiger charge is -2.25. The van der Waals surface area contributed by atoms with Crippen molar-refractivity contribution in [3.05, 3.63) is 30.3 Å². The first-order valence-corrected chi connectivity index (χ1v) is 12.0. The van der Waals surface area contributed by atoms with Crippen LogP contribution in [-0.4, -0.2) is 87.2 Å². The van der Waals surface area contributed by atoms with Crippen molar-refractivity contribution in [2.24, 2.45) is 4.99 Å². The number of para-hydroxylation sites is 1. The molecule has 7 nitrogen and oxygen atoms in total. The number of sulfonamides is 1. The van der Waals surface area contributed by atoms with Gasteiger partial charge in [0.05, 0.1) is 18.8 Å². The molecule has 2 rings (SSSR count). The summed E-state index contributed by atoms with van der Waals surface area (Å²) in [6.45, 7) is 5.34. The van der Waals surface area contributed by atoms with E-state index < -0.39 is 10.0 Å². The number of likely N-dealkylation sites (N-methyl/N-ethyl adjacent to an activating group) is 1. The van der Waals surface area contributed by atoms with Gasteiger partial charge in [-0.2, -0.15) is 11.8 Å². The van der Waals surface area contributed by atoms with Crippen molar-refractivity contribution in [3.63, 3.8) is 0 Å². The third-order valence-electron chi connectivity index (χ3n) is 4.11. The van der Waals surface area contributed by atoms with Crippen LogP contribution >= 0.6 is 35.7 Å². The molecule has 1 aliphatic heterocycles. The average Bonchev–Trinajstić information content (AvgIpc) is 2.68. The van der Waals surface area contributed by atoms with E-state index in [1.54, 1.807) is 16.1 Å². The third-order valence-corrected chi connectivity index (χ3v) is 6.90. The molecule has 0 atom stereocenters. The Morgan fingerprint density at radius 2 is 1.96 bits per heavy atom. The summed E-state index contributed by atoms with van der Waals surface area (Å²) in [6, 6.07) is 9.66. The molecule has 28 heavy (non-hydrogen) atoms. The van der Waals surface area contributed by atoms with Gasteiger partial charge >= 0.3 is 0 Å². The fourth-order valence-electron chi connectivity index (χ4n) is 2.61. The van der Waals surface area contributed by atoms with Gasteiger partial charge in [-0.1, -0.05) is 18.2 Å². The number of nitrogens with one attached hydrogen (secondary N) is 1. The first-order valence-electron chi connectivity index (χ1n) is 9.26. The molecule has 0 amide bonds. The second-order valence-electron chi connectivity index (χ2n) is 6.15. The highest BCUT2D eigenvalue weighted by Gasteiger charge is 2.23. The van der Waals surface area contributed by atoms with Gasteiger partial charge < -0.3 is 15.0 Å². The summed E-state index contributed by atoms with van der Waals surface area (Å²) in [5, 5.41) is 3.21. The summed E-state index contributed by atoms with van der Waals surface area (Å²) in [5.41, 5.74) is 0. The van der Waals surface area contributed by atoms with E-state index in [1.165, 1.54) is 0 Å². The van der Waals surface area contributed by atoms with Gasteiger partial charge in [-0.25, -0.2) is 12.7 Å². The number of hydrogen-bond donors (Lipinski definition) is 1. The summed E-state index contributed by atoms with van der Waals surface area (Å²) >= 11 is 1.80. The topological polar surface area (TPSA) is 74.2 Å². The highest BCUT2D eigenvalue weighted by Crippen LogP contribution is 2.13. The Bertz CT molecular complexity index is 683. The SMILES string of the molecule is CCNC(=NCCS(=O)(=O)N1CCSCC1)N(C)CCOc1ccccc1.I. The summed E-state index contributed by atoms with van der Waals surface area (Å²) in [5.74, 6) is 3.31. The lowest BCUT2D eigenvalue weighted by atomic mass is 10.3. The molecule has 0 radical (unpaired) electrons. The van der Waals surface area contributed by atoms with Crippen molar-refractivity contribution in [2.75, 3.05) is 63.6 Å². The van der Waals surface area contributed by atoms with Crippen molar-refractivity contribution in [1.29, 1.82) is 0 Å². The van der Waals surface area contributed by atoms with Crippen LogP contribution in [0.4, 0.5) is 0 Å². The second kappa shape index (κ2) is 13.5. The molecule has 0 saturated carbocycles. The molecule has 1 saturated heterocycles. The zero-order chi connectivity index (χ0) is 19.5. The molecule has 0 spiro atoms. The molecule has 1 fully saturated rings. The summed E-state index contributed by atoms with van der Waals surface area (Å²) in [6.07, 6.45) is 0. The first-order chi connectivity index (χ1) is 13.0. The minimum Gasteiger partial charge on any atom is -0.492 e. The van der Waals surface area contributed by atoms with Crippen molar-refractivity contribution >= 4 is 51.7 Å². The van der Waals surface area contributed by atoms with Gasteiger partial charge in [0.25, 0.3) is 0 Å². The predicted molar refractivity (Wildman–Crippen MR) is 129 cm³/mol. The number of thioether (sulfide) groups is 1. The van der Waals surface area contributed by atoms with E-state index in [9.17, 15) is 8.42 Å². The fraction of sp³-hybridized carbons (Fsp3) is 0.611. The van der Waals surface area contributed by atoms with Crippen molar-refractivity contribution < 1.29 is 13.2 Å². The van der Waals surface area contributed by atoms with Crippen LogP contribution < -0.4 is 10.1 Å². The van der Waals surface area contributed by atoms with Crippen LogP contribution in [0, 0.1) is 0 Å². The van der Waals surface area contributed by atoms with Gasteiger partial charge in [0, 0.05) is 38.2 Å². The van der Waals surface area contributed by atoms with E-state index in [-0.39, 0.29) is 36.3 Å². The molecule has 0 aliphatic carbocycles. The zero-order valence-electron chi connectivity index (χ0n) is 16.5. The maximum absolute atomic E-state index is 12.4. The van der Waals surface area contributed by atoms with Crippen LogP contribution in [-0.2, 0) is 10.0 Å². The quantitative estimate of drug-likeness (QED) is 0.292. The minimum absolute atomic E-state index is 0. The number of aliphatic imine (C=N–C) groups is 1. The molecular weight excluding hydrogens is 511 g/mol. The van der Waals surface area contributed by atoms with Gasteiger partial charge in [-0.05, 0) is 19.1 Å². The number of benzene rings is 1. The van der Waals surface area contributed by atoms with Crippen molar-refractivity contribution in [2.45, 2.75) is 6.92 Å². The van der Waals surface area contributed by atoms with Crippen molar-refractivity contribution in [3.8, 4) is 5.75 Å². The molecular formula is C18H31IN4O3S2. The fourth-order valence-corrected chi connectivity index (χ4v) is 5.07. The minimum atomic E-state index is -3.23. The molecule has 1 aromatic rings. The number of rotatable bonds is 9. The molecule has 1 N–H and O–H groups in total. The Hall–Kier alpha value is -0.720. The van der Waals surface area contributed by atoms with Crippen LogP contribution in [0.1, 0.15) is 6.92 Å². The first kappa shape index (κ1) is 25.3. The van der Waals surface area contributed by atoms with Gasteiger partial charge in [0.2, 0.25) is 10.0 Å². The monoisotopic (exact) mass is 542 g/mol. The molecule has 160 valence electrons. The summed E-state index contributed by atoms with van der Waals surface area (Å²) < 4.78 is 32.1. The maximum atomic E-state index is 12.4. The average molecular weight is 543 g/mol. The largest absolute Gasteiger partial charge is 0.492 e. The van der Waals surface area contributed by atoms with Crippen LogP contribution in [0.5, 0.6) is 5.75 Å². The number of hydrogen-bond acceptors (Lipinski definition) is 5. The Labute approximate surface area is 190 Å². The van der Waals surface area contributed by atoms with Gasteiger partial charge in [-0.15, -0.1) is 24.0 Å². The Morgan fingerprint density at radius 3 is 2.61 bits per heavy atom. The van der Waals surface area contributed by atoms with Gasteiger partial charge in [0.1, 0.15) is 12.4 Å². The van der Waals surface area contributed by atoms with E-state index in [1.807, 2.05) is 49.2 Å². The highest BCUT2D eigenvalue weighted by atomic mass is 127. The number of halogens is 1. The predicted octanol–water partition coefficient (Wildman–Crippen LogP) is 1.96. The molecule has 1 aromatic carbocycles. The van der Waals surface area contributed by atoms with Crippen molar-refractivity contribution in [1.82, 2.24) is 14.5 Å². The lowest BCUT2D eigenvalue weighted by molar-refractivity contribution is 0.281. The molecule has 0 bridgehead atoms. The highest BCUT2D eigenvalue weighted by molar-refractivity contribution is 14.0. The maximum Gasteiger partial charge on any atom is 0.215 e. The summed E-state index contributed by atoms with van der Waals surface area (Å²) in [7, 11) is -1.31. The van der Waals surface area contributed by atoms with E-state index in [4.69, 9.17) is 4.74 Å². The van der Waals surface area contributed by atoms with Crippen LogP contribution in [0.3, 0.4) is 0 Å². The normalized spacial score (nSPS) is 15.6. The van der Waals surface area contributed by atoms with E-state index in [0.29, 0.717) is 32.2 Å². The molecule has 0 unspecified atom stereocenters. The van der Waals surface area contributed by atoms with E-state index in [0.717, 1.165) is 23.8 Å². The second-order valence-corrected chi connectivity index (χ2v) is 9.46. The standard InChI is InChI=1S/C18H30N4O3S2.HI/c1-3-19-18(21(2)10-13-25-17-7-5-4-6-8-17)20-9-16-27(23,24)22-11-14-26-15-12-22;/h4-8H,3,9-16H2,1-2H3,(H,19,20);1H. The summed E-state index contributed by atoms with van der Waals surface area (Å²) in [4.78, 5) is 6.44. The van der Waals surface area contributed by atoms with Crippen LogP contribution in [0.2, 0.25) is 0 Å². The van der Waals surface area contributed by atoms with Gasteiger partial charge in [-0.3, -0.25) is 4.99 Å². The van der Waals surface area contributed by atoms with E-state index >= 15 is 0 Å². The van der Waals surface area contributed by atoms with Crippen LogP contribution in [0.15, 0.2) is 35.3 Å². The molecule has 1 heterocycles. The number of guanidine groups is 1. The van der Waals surface area contributed by atoms with Gasteiger partial charge in [0.15, 0.2) is 5.96 Å². The molecule has 10 heteroatoms. The number of ether oxygens (including phenoxy) is 1. The smallest absolute Gasteiger partial charge is 0.215 e. The Morgan fingerprint density at radius 1 is 1.29 bits per heavy atom. The lowest BCUT2D eigenvalue weighted by Crippen LogP contribution is -2.42. The third kappa shape index (κ3) is 8.75. The molecule has 0 aromatic heterocycles. The Kier molecular flexibility index (Phi) is 12.2. The Balaban J connectivity index is 0.00000392. The van der Waals surface area contributed by atoms with E-state index in [2.05, 4.69) is 10.3 Å². The van der Waals surface area contributed by atoms with Crippen LogP contribution in [0.25, 0.3) is 0 Å². The zero-order valence-corrected chi connectivity index (χ0v) is 20.5.